The molecule has 4 nitrogen and oxygen atoms in total. The predicted octanol–water partition coefficient (Wildman–Crippen LogP) is 3.66. The number of hydrogen-bond donors (Lipinski definition) is 2. The smallest absolute Gasteiger partial charge is 0.171 e. The minimum Gasteiger partial charge on any atom is -0.357 e. The van der Waals surface area contributed by atoms with Crippen LogP contribution in [-0.2, 0) is 13.1 Å². The van der Waals surface area contributed by atoms with E-state index in [1.54, 1.807) is 6.20 Å². The van der Waals surface area contributed by atoms with E-state index < -0.39 is 0 Å². The Morgan fingerprint density at radius 2 is 2.14 bits per heavy atom. The highest BCUT2D eigenvalue weighted by molar-refractivity contribution is 7.80. The van der Waals surface area contributed by atoms with Crippen molar-refractivity contribution in [1.29, 1.82) is 0 Å². The zero-order chi connectivity index (χ0) is 15.4. The summed E-state index contributed by atoms with van der Waals surface area (Å²) in [7, 11) is 0. The molecule has 6 heteroatoms. The van der Waals surface area contributed by atoms with Crippen LogP contribution in [0.5, 0.6) is 0 Å². The second-order valence-electron chi connectivity index (χ2n) is 4.88. The molecule has 0 aliphatic rings. The molecule has 1 aromatic heterocycles. The first kappa shape index (κ1) is 15.8. The second kappa shape index (κ2) is 6.91. The molecule has 0 radical (unpaired) electrons. The van der Waals surface area contributed by atoms with E-state index >= 15 is 0 Å². The summed E-state index contributed by atoms with van der Waals surface area (Å²) < 4.78 is 1.86. The number of aromatic nitrogens is 2. The van der Waals surface area contributed by atoms with E-state index in [2.05, 4.69) is 41.7 Å². The molecular weight excluding hydrogens is 304 g/mol. The van der Waals surface area contributed by atoms with Gasteiger partial charge in [-0.1, -0.05) is 29.3 Å². The quantitative estimate of drug-likeness (QED) is 0.843. The molecule has 21 heavy (non-hydrogen) atoms. The van der Waals surface area contributed by atoms with E-state index in [1.807, 2.05) is 17.7 Å². The number of nitrogens with zero attached hydrogens (tertiary/aromatic N) is 2. The Morgan fingerprint density at radius 1 is 1.38 bits per heavy atom. The summed E-state index contributed by atoms with van der Waals surface area (Å²) in [6.07, 6.45) is 1.66. The van der Waals surface area contributed by atoms with Gasteiger partial charge >= 0.3 is 0 Å². The number of thiocarbonyl (C=S) groups is 1. The molecular formula is C15H19ClN4S. The van der Waals surface area contributed by atoms with Crippen molar-refractivity contribution in [3.8, 4) is 0 Å². The van der Waals surface area contributed by atoms with Crippen LogP contribution in [0.2, 0.25) is 5.02 Å². The molecule has 0 saturated carbocycles. The number of aryl methyl sites for hydroxylation is 3. The van der Waals surface area contributed by atoms with Crippen molar-refractivity contribution in [2.45, 2.75) is 33.9 Å². The fourth-order valence-corrected chi connectivity index (χ4v) is 2.51. The number of halogens is 1. The largest absolute Gasteiger partial charge is 0.357 e. The van der Waals surface area contributed by atoms with E-state index in [4.69, 9.17) is 23.8 Å². The molecule has 0 atom stereocenters. The Labute approximate surface area is 135 Å². The first-order valence-corrected chi connectivity index (χ1v) is 7.62. The van der Waals surface area contributed by atoms with Crippen LogP contribution in [0.15, 0.2) is 24.4 Å². The summed E-state index contributed by atoms with van der Waals surface area (Å²) in [6.45, 7) is 7.48. The highest BCUT2D eigenvalue weighted by atomic mass is 35.5. The van der Waals surface area contributed by atoms with Gasteiger partial charge in [0.05, 0.1) is 23.5 Å². The van der Waals surface area contributed by atoms with Gasteiger partial charge in [-0.25, -0.2) is 0 Å². The lowest BCUT2D eigenvalue weighted by molar-refractivity contribution is 0.614. The Balaban J connectivity index is 1.97. The third-order valence-corrected chi connectivity index (χ3v) is 3.81. The van der Waals surface area contributed by atoms with Crippen molar-refractivity contribution < 1.29 is 0 Å². The fourth-order valence-electron chi connectivity index (χ4n) is 2.12. The molecule has 0 unspecified atom stereocenters. The van der Waals surface area contributed by atoms with Crippen LogP contribution in [0, 0.1) is 13.8 Å². The Hall–Kier alpha value is -1.59. The summed E-state index contributed by atoms with van der Waals surface area (Å²) in [6, 6.07) is 6.21. The van der Waals surface area contributed by atoms with Crippen LogP contribution >= 0.6 is 23.8 Å². The molecule has 2 aromatic rings. The molecule has 0 spiro atoms. The van der Waals surface area contributed by atoms with Crippen LogP contribution in [-0.4, -0.2) is 14.9 Å². The lowest BCUT2D eigenvalue weighted by Crippen LogP contribution is -2.29. The van der Waals surface area contributed by atoms with Crippen LogP contribution in [0.3, 0.4) is 0 Å². The number of nitrogens with one attached hydrogen (secondary N) is 2. The van der Waals surface area contributed by atoms with Gasteiger partial charge in [0.25, 0.3) is 0 Å². The molecule has 1 aromatic carbocycles. The van der Waals surface area contributed by atoms with Crippen molar-refractivity contribution in [3.05, 3.63) is 46.2 Å². The first-order chi connectivity index (χ1) is 10.0. The number of rotatable bonds is 4. The van der Waals surface area contributed by atoms with Gasteiger partial charge in [-0.2, -0.15) is 5.10 Å². The molecule has 0 aliphatic carbocycles. The normalized spacial score (nSPS) is 10.5. The number of benzene rings is 1. The van der Waals surface area contributed by atoms with Gasteiger partial charge in [-0.05, 0) is 44.6 Å². The average molecular weight is 323 g/mol. The highest BCUT2D eigenvalue weighted by Crippen LogP contribution is 2.17. The van der Waals surface area contributed by atoms with E-state index in [0.717, 1.165) is 23.5 Å². The van der Waals surface area contributed by atoms with Gasteiger partial charge in [-0.3, -0.25) is 4.68 Å². The van der Waals surface area contributed by atoms with Crippen molar-refractivity contribution in [1.82, 2.24) is 15.1 Å². The maximum atomic E-state index is 6.12. The molecule has 2 N–H and O–H groups in total. The molecule has 112 valence electrons. The molecule has 0 saturated heterocycles. The van der Waals surface area contributed by atoms with E-state index in [1.165, 1.54) is 5.56 Å². The number of anilines is 1. The van der Waals surface area contributed by atoms with Gasteiger partial charge in [0, 0.05) is 12.2 Å². The van der Waals surface area contributed by atoms with Gasteiger partial charge in [0.2, 0.25) is 0 Å². The summed E-state index contributed by atoms with van der Waals surface area (Å²) >= 11 is 11.5. The Bertz CT molecular complexity index is 651. The fraction of sp³-hybridized carbons (Fsp3) is 0.333. The molecule has 0 amide bonds. The molecule has 0 aliphatic heterocycles. The molecule has 2 rings (SSSR count). The van der Waals surface area contributed by atoms with Gasteiger partial charge < -0.3 is 10.6 Å². The zero-order valence-corrected chi connectivity index (χ0v) is 14.0. The lowest BCUT2D eigenvalue weighted by atomic mass is 10.1. The Morgan fingerprint density at radius 3 is 2.81 bits per heavy atom. The first-order valence-electron chi connectivity index (χ1n) is 6.83. The summed E-state index contributed by atoms with van der Waals surface area (Å²) in [5.41, 5.74) is 4.34. The highest BCUT2D eigenvalue weighted by Gasteiger charge is 2.08. The van der Waals surface area contributed by atoms with Gasteiger partial charge in [0.15, 0.2) is 5.11 Å². The third kappa shape index (κ3) is 3.95. The average Bonchev–Trinajstić information content (AvgIpc) is 2.80. The monoisotopic (exact) mass is 322 g/mol. The Kier molecular flexibility index (Phi) is 5.20. The second-order valence-corrected chi connectivity index (χ2v) is 5.70. The van der Waals surface area contributed by atoms with Crippen LogP contribution in [0.4, 0.5) is 5.69 Å². The zero-order valence-electron chi connectivity index (χ0n) is 12.4. The molecule has 0 bridgehead atoms. The maximum absolute atomic E-state index is 6.12. The van der Waals surface area contributed by atoms with E-state index in [0.29, 0.717) is 16.7 Å². The van der Waals surface area contributed by atoms with Crippen molar-refractivity contribution in [3.63, 3.8) is 0 Å². The number of hydrogen-bond acceptors (Lipinski definition) is 2. The topological polar surface area (TPSA) is 41.9 Å². The lowest BCUT2D eigenvalue weighted by Gasteiger charge is -2.13. The van der Waals surface area contributed by atoms with Crippen molar-refractivity contribution in [2.75, 3.05) is 5.32 Å². The summed E-state index contributed by atoms with van der Waals surface area (Å²) in [5.74, 6) is 0. The van der Waals surface area contributed by atoms with Crippen LogP contribution in [0.1, 0.15) is 23.7 Å². The standard InChI is InChI=1S/C15H19ClN4S/c1-4-20-14(12(16)8-18-20)9-17-15(21)19-13-6-5-10(2)7-11(13)3/h5-8H,4,9H2,1-3H3,(H2,17,19,21). The molecule has 0 fully saturated rings. The maximum Gasteiger partial charge on any atom is 0.171 e. The SMILES string of the molecule is CCn1ncc(Cl)c1CNC(=S)Nc1ccc(C)cc1C. The van der Waals surface area contributed by atoms with Crippen LogP contribution < -0.4 is 10.6 Å². The van der Waals surface area contributed by atoms with Gasteiger partial charge in [-0.15, -0.1) is 0 Å². The third-order valence-electron chi connectivity index (χ3n) is 3.24. The van der Waals surface area contributed by atoms with E-state index in [-0.39, 0.29) is 0 Å². The predicted molar refractivity (Wildman–Crippen MR) is 91.9 cm³/mol. The molecule has 1 heterocycles. The van der Waals surface area contributed by atoms with Crippen molar-refractivity contribution >= 4 is 34.6 Å². The minimum absolute atomic E-state index is 0.545. The summed E-state index contributed by atoms with van der Waals surface area (Å²) in [5, 5.41) is 11.8. The van der Waals surface area contributed by atoms with E-state index in [9.17, 15) is 0 Å². The van der Waals surface area contributed by atoms with Crippen LogP contribution in [0.25, 0.3) is 0 Å². The van der Waals surface area contributed by atoms with Gasteiger partial charge in [0.1, 0.15) is 0 Å². The summed E-state index contributed by atoms with van der Waals surface area (Å²) in [4.78, 5) is 0. The van der Waals surface area contributed by atoms with Crippen molar-refractivity contribution in [2.24, 2.45) is 0 Å². The minimum atomic E-state index is 0.545.